The summed E-state index contributed by atoms with van der Waals surface area (Å²) in [6.45, 7) is 2.56. The molecule has 0 aliphatic carbocycles. The van der Waals surface area contributed by atoms with Gasteiger partial charge >= 0.3 is 29.6 Å². The molecule has 0 fully saturated rings. The third kappa shape index (κ3) is 520. The van der Waals surface area contributed by atoms with Crippen LogP contribution in [0.5, 0.6) is 0 Å². The predicted octanol–water partition coefficient (Wildman–Crippen LogP) is -3.92. The van der Waals surface area contributed by atoms with Crippen LogP contribution in [-0.2, 0) is 4.79 Å². The fourth-order valence-corrected chi connectivity index (χ4v) is 0. The Labute approximate surface area is 58.0 Å². The van der Waals surface area contributed by atoms with Crippen LogP contribution in [0.2, 0.25) is 0 Å². The van der Waals surface area contributed by atoms with E-state index in [-0.39, 0.29) is 35.0 Å². The topological polar surface area (TPSA) is 68.8 Å². The minimum absolute atomic E-state index is 0. The summed E-state index contributed by atoms with van der Waals surface area (Å²) >= 11 is 0. The number of carboxylic acids is 1. The average Bonchev–Trinajstić information content (AvgIpc) is 0.811. The first-order valence-electron chi connectivity index (χ1n) is 0.781. The minimum Gasteiger partial charge on any atom is -0.503 e. The van der Waals surface area contributed by atoms with Crippen molar-refractivity contribution in [1.29, 1.82) is 0 Å². The van der Waals surface area contributed by atoms with E-state index in [2.05, 4.69) is 6.92 Å². The summed E-state index contributed by atoms with van der Waals surface area (Å²) < 4.78 is 0. The van der Waals surface area contributed by atoms with Crippen molar-refractivity contribution in [1.82, 2.24) is 0 Å². The minimum atomic E-state index is -1.08. The van der Waals surface area contributed by atoms with Gasteiger partial charge < -0.3 is 10.6 Å². The third-order valence-electron chi connectivity index (χ3n) is 0. The van der Waals surface area contributed by atoms with Crippen molar-refractivity contribution >= 4 is 5.97 Å². The summed E-state index contributed by atoms with van der Waals surface area (Å²) in [7, 11) is 0. The van der Waals surface area contributed by atoms with E-state index in [1.807, 2.05) is 0 Å². The van der Waals surface area contributed by atoms with E-state index in [0.29, 0.717) is 0 Å². The second kappa shape index (κ2) is 9.00. The summed E-state index contributed by atoms with van der Waals surface area (Å²) in [5, 5.41) is 7.31. The number of aliphatic carboxylic acids is 1. The largest absolute Gasteiger partial charge is 1.00 e. The van der Waals surface area contributed by atoms with Crippen LogP contribution < -0.4 is 29.6 Å². The van der Waals surface area contributed by atoms with Crippen molar-refractivity contribution < 1.29 is 44.9 Å². The first kappa shape index (κ1) is 16.3. The number of carbonyl (C=O) groups is 1. The summed E-state index contributed by atoms with van der Waals surface area (Å²) in [5.41, 5.74) is 0. The molecule has 0 aliphatic heterocycles. The van der Waals surface area contributed by atoms with Crippen molar-refractivity contribution in [3.8, 4) is 0 Å². The van der Waals surface area contributed by atoms with Crippen molar-refractivity contribution in [2.75, 3.05) is 0 Å². The molecule has 0 spiro atoms. The number of hydrogen-bond acceptors (Lipinski definition) is 1. The molecule has 0 aliphatic rings. The van der Waals surface area contributed by atoms with Gasteiger partial charge in [0.05, 0.1) is 0 Å². The Kier molecular flexibility index (Phi) is 24.4. The van der Waals surface area contributed by atoms with Gasteiger partial charge in [0.1, 0.15) is 0 Å². The van der Waals surface area contributed by atoms with Gasteiger partial charge in [-0.05, 0) is 0 Å². The molecule has 0 saturated carbocycles. The van der Waals surface area contributed by atoms with Crippen LogP contribution >= 0.6 is 0 Å². The van der Waals surface area contributed by atoms with Crippen molar-refractivity contribution in [2.24, 2.45) is 0 Å². The molecule has 0 heterocycles. The van der Waals surface area contributed by atoms with E-state index in [1.54, 1.807) is 0 Å². The average molecular weight is 100 g/mol. The van der Waals surface area contributed by atoms with Crippen LogP contribution in [0.1, 0.15) is 0 Å². The van der Waals surface area contributed by atoms with Gasteiger partial charge in [0.15, 0.2) is 5.97 Å². The molecule has 0 aromatic heterocycles. The molecule has 0 saturated heterocycles. The van der Waals surface area contributed by atoms with Gasteiger partial charge in [0.25, 0.3) is 0 Å². The quantitative estimate of drug-likeness (QED) is 0.249. The molecule has 3 nitrogen and oxygen atoms in total. The maximum Gasteiger partial charge on any atom is 1.00 e. The Morgan fingerprint density at radius 1 is 1.67 bits per heavy atom. The van der Waals surface area contributed by atoms with Crippen LogP contribution in [-0.4, -0.2) is 16.6 Å². The van der Waals surface area contributed by atoms with Crippen molar-refractivity contribution in [3.63, 3.8) is 0 Å². The van der Waals surface area contributed by atoms with E-state index < -0.39 is 5.97 Å². The van der Waals surface area contributed by atoms with Gasteiger partial charge in [0.2, 0.25) is 0 Å². The van der Waals surface area contributed by atoms with Crippen molar-refractivity contribution in [2.45, 2.75) is 0 Å². The molecule has 0 unspecified atom stereocenters. The van der Waals surface area contributed by atoms with E-state index in [9.17, 15) is 0 Å². The summed E-state index contributed by atoms with van der Waals surface area (Å²) in [6, 6.07) is 0. The van der Waals surface area contributed by atoms with Crippen LogP contribution in [0.4, 0.5) is 0 Å². The van der Waals surface area contributed by atoms with E-state index in [4.69, 9.17) is 9.90 Å². The van der Waals surface area contributed by atoms with E-state index in [0.717, 1.165) is 0 Å². The third-order valence-corrected chi connectivity index (χ3v) is 0. The molecular formula is C2H5NaO3. The number of hydrogen-bond donors (Lipinski definition) is 1. The maximum atomic E-state index is 8.89. The van der Waals surface area contributed by atoms with Gasteiger partial charge in [0, 0.05) is 0 Å². The molecule has 4 heteroatoms. The smallest absolute Gasteiger partial charge is 0.503 e. The second-order valence-electron chi connectivity index (χ2n) is 0.394. The van der Waals surface area contributed by atoms with Crippen LogP contribution in [0.25, 0.3) is 0 Å². The number of carboxylic acid groups (broad SMARTS) is 1. The molecule has 6 heavy (non-hydrogen) atoms. The summed E-state index contributed by atoms with van der Waals surface area (Å²) in [5.74, 6) is -1.08. The molecule has 0 bridgehead atoms. The maximum absolute atomic E-state index is 8.89. The molecule has 32 valence electrons. The molecule has 0 radical (unpaired) electrons. The Balaban J connectivity index is -0.0000000450. The molecule has 0 amide bonds. The van der Waals surface area contributed by atoms with Crippen molar-refractivity contribution in [3.05, 3.63) is 6.92 Å². The standard InChI is InChI=1S/C2H3O2.Na.H2O/c1-2(3)4;;/h1H2,(H,3,4);;1H2/q-1;+1;. The van der Waals surface area contributed by atoms with E-state index in [1.165, 1.54) is 0 Å². The van der Waals surface area contributed by atoms with Crippen LogP contribution in [0.15, 0.2) is 0 Å². The molecule has 0 aromatic rings. The monoisotopic (exact) mass is 100 g/mol. The Morgan fingerprint density at radius 2 is 1.67 bits per heavy atom. The normalized spacial score (nSPS) is 4.00. The van der Waals surface area contributed by atoms with Gasteiger partial charge in [-0.2, -0.15) is 0 Å². The first-order chi connectivity index (χ1) is 1.73. The Bertz CT molecular complexity index is 31.8. The van der Waals surface area contributed by atoms with Gasteiger partial charge in [-0.1, -0.05) is 0 Å². The fraction of sp³-hybridized carbons (Fsp3) is 0. The van der Waals surface area contributed by atoms with Gasteiger partial charge in [-0.3, -0.25) is 11.7 Å². The molecular weight excluding hydrogens is 95.0 g/mol. The van der Waals surface area contributed by atoms with Crippen LogP contribution in [0, 0.1) is 6.92 Å². The Morgan fingerprint density at radius 3 is 1.67 bits per heavy atom. The zero-order chi connectivity index (χ0) is 3.58. The summed E-state index contributed by atoms with van der Waals surface area (Å²) in [4.78, 5) is 8.89. The van der Waals surface area contributed by atoms with Gasteiger partial charge in [-0.25, -0.2) is 0 Å². The fourth-order valence-electron chi connectivity index (χ4n) is 0. The van der Waals surface area contributed by atoms with Gasteiger partial charge in [-0.15, -0.1) is 0 Å². The molecule has 3 N–H and O–H groups in total. The molecule has 0 rings (SSSR count). The Hall–Kier alpha value is 0.300. The van der Waals surface area contributed by atoms with Crippen LogP contribution in [0.3, 0.4) is 0 Å². The summed E-state index contributed by atoms with van der Waals surface area (Å²) in [6.07, 6.45) is 0. The van der Waals surface area contributed by atoms with E-state index >= 15 is 0 Å². The zero-order valence-electron chi connectivity index (χ0n) is 3.56. The molecule has 0 aromatic carbocycles. The first-order valence-corrected chi connectivity index (χ1v) is 0.781. The number of rotatable bonds is 0. The predicted molar refractivity (Wildman–Crippen MR) is 16.6 cm³/mol. The SMILES string of the molecule is O.[CH2-]C(=O)O.[Na+]. The zero-order valence-corrected chi connectivity index (χ0v) is 5.56. The molecule has 0 atom stereocenters. The second-order valence-corrected chi connectivity index (χ2v) is 0.394.